The summed E-state index contributed by atoms with van der Waals surface area (Å²) in [4.78, 5) is 16.5. The first-order chi connectivity index (χ1) is 13.4. The molecule has 0 bridgehead atoms. The van der Waals surface area contributed by atoms with E-state index in [1.807, 2.05) is 36.9 Å². The van der Waals surface area contributed by atoms with E-state index in [0.29, 0.717) is 6.04 Å². The van der Waals surface area contributed by atoms with Crippen LogP contribution in [0.1, 0.15) is 38.1 Å². The van der Waals surface area contributed by atoms with Gasteiger partial charge in [0, 0.05) is 37.9 Å². The molecule has 3 aromatic heterocycles. The lowest BCUT2D eigenvalue weighted by atomic mass is 10.2. The van der Waals surface area contributed by atoms with Gasteiger partial charge in [0.25, 0.3) is 0 Å². The summed E-state index contributed by atoms with van der Waals surface area (Å²) in [5.74, 6) is 2.25. The fourth-order valence-electron chi connectivity index (χ4n) is 3.55. The third-order valence-electron chi connectivity index (χ3n) is 5.00. The summed E-state index contributed by atoms with van der Waals surface area (Å²) in [6.07, 6.45) is 1.85. The molecule has 3 aromatic rings. The summed E-state index contributed by atoms with van der Waals surface area (Å²) in [6.45, 7) is 13.1. The molecule has 0 saturated carbocycles. The maximum Gasteiger partial charge on any atom is 0.228 e. The Labute approximate surface area is 165 Å². The minimum absolute atomic E-state index is 0.205. The lowest BCUT2D eigenvalue weighted by molar-refractivity contribution is 0.480. The molecule has 28 heavy (non-hydrogen) atoms. The van der Waals surface area contributed by atoms with Gasteiger partial charge in [-0.3, -0.25) is 4.68 Å². The average molecular weight is 381 g/mol. The Hall–Kier alpha value is -2.74. The van der Waals surface area contributed by atoms with Crippen LogP contribution < -0.4 is 15.5 Å². The highest BCUT2D eigenvalue weighted by atomic mass is 15.4. The predicted octanol–water partition coefficient (Wildman–Crippen LogP) is 2.96. The molecule has 1 aliphatic rings. The van der Waals surface area contributed by atoms with Crippen LogP contribution in [0.25, 0.3) is 11.0 Å². The van der Waals surface area contributed by atoms with Crippen LogP contribution in [0.15, 0.2) is 18.3 Å². The molecular formula is C20H28N8. The van der Waals surface area contributed by atoms with Crippen LogP contribution in [0.4, 0.5) is 17.6 Å². The second-order valence-corrected chi connectivity index (χ2v) is 7.84. The van der Waals surface area contributed by atoms with Crippen LogP contribution in [0.3, 0.4) is 0 Å². The summed E-state index contributed by atoms with van der Waals surface area (Å²) < 4.78 is 1.99. The number of nitrogens with one attached hydrogen (secondary N) is 2. The number of hydrogen-bond acceptors (Lipinski definition) is 7. The topological polar surface area (TPSA) is 83.8 Å². The number of pyridine rings is 1. The molecule has 2 N–H and O–H groups in total. The van der Waals surface area contributed by atoms with Crippen molar-refractivity contribution in [1.82, 2.24) is 30.0 Å². The number of rotatable bonds is 4. The van der Waals surface area contributed by atoms with Crippen molar-refractivity contribution in [2.75, 3.05) is 29.9 Å². The lowest BCUT2D eigenvalue weighted by Gasteiger charge is -2.32. The standard InChI is InChI=1S/C20H28N8/c1-12(2)28-18-17(15(5)26-28)24-20(27-9-8-21-14(4)11-27)25-19(18)23-16-7-6-13(3)10-22-16/h6-7,10,12,14,21H,8-9,11H2,1-5H3,(H,22,23,24,25)/t14-/m1/s1. The second kappa shape index (κ2) is 7.35. The van der Waals surface area contributed by atoms with Crippen molar-refractivity contribution in [2.24, 2.45) is 0 Å². The van der Waals surface area contributed by atoms with Crippen molar-refractivity contribution in [3.05, 3.63) is 29.6 Å². The summed E-state index contributed by atoms with van der Waals surface area (Å²) in [7, 11) is 0. The second-order valence-electron chi connectivity index (χ2n) is 7.84. The fraction of sp³-hybridized carbons (Fsp3) is 0.500. The van der Waals surface area contributed by atoms with Gasteiger partial charge in [-0.05, 0) is 46.2 Å². The smallest absolute Gasteiger partial charge is 0.228 e. The van der Waals surface area contributed by atoms with Crippen molar-refractivity contribution in [3.8, 4) is 0 Å². The quantitative estimate of drug-likeness (QED) is 0.720. The number of nitrogens with zero attached hydrogens (tertiary/aromatic N) is 6. The molecule has 1 saturated heterocycles. The predicted molar refractivity (Wildman–Crippen MR) is 112 cm³/mol. The molecule has 148 valence electrons. The van der Waals surface area contributed by atoms with E-state index in [1.54, 1.807) is 0 Å². The summed E-state index contributed by atoms with van der Waals surface area (Å²) in [5, 5.41) is 11.6. The Balaban J connectivity index is 1.84. The Bertz CT molecular complexity index is 976. The van der Waals surface area contributed by atoms with E-state index >= 15 is 0 Å². The van der Waals surface area contributed by atoms with Crippen LogP contribution in [0, 0.1) is 13.8 Å². The highest BCUT2D eigenvalue weighted by molar-refractivity contribution is 5.90. The third-order valence-corrected chi connectivity index (χ3v) is 5.00. The van der Waals surface area contributed by atoms with Crippen LogP contribution in [0.2, 0.25) is 0 Å². The number of hydrogen-bond donors (Lipinski definition) is 2. The van der Waals surface area contributed by atoms with E-state index < -0.39 is 0 Å². The molecule has 4 rings (SSSR count). The minimum atomic E-state index is 0.205. The summed E-state index contributed by atoms with van der Waals surface area (Å²) >= 11 is 0. The van der Waals surface area contributed by atoms with E-state index in [9.17, 15) is 0 Å². The van der Waals surface area contributed by atoms with Crippen LogP contribution in [-0.2, 0) is 0 Å². The molecule has 0 amide bonds. The Kier molecular flexibility index (Phi) is 4.89. The monoisotopic (exact) mass is 380 g/mol. The first-order valence-corrected chi connectivity index (χ1v) is 9.87. The van der Waals surface area contributed by atoms with Gasteiger partial charge in [0.05, 0.1) is 5.69 Å². The van der Waals surface area contributed by atoms with Crippen molar-refractivity contribution in [1.29, 1.82) is 0 Å². The lowest BCUT2D eigenvalue weighted by Crippen LogP contribution is -2.49. The third kappa shape index (κ3) is 3.52. The van der Waals surface area contributed by atoms with Crippen molar-refractivity contribution in [3.63, 3.8) is 0 Å². The van der Waals surface area contributed by atoms with E-state index in [4.69, 9.17) is 15.1 Å². The zero-order chi connectivity index (χ0) is 19.8. The molecule has 8 heteroatoms. The fourth-order valence-corrected chi connectivity index (χ4v) is 3.55. The molecule has 0 aromatic carbocycles. The number of fused-ring (bicyclic) bond motifs is 1. The normalized spacial score (nSPS) is 17.5. The van der Waals surface area contributed by atoms with Gasteiger partial charge in [-0.25, -0.2) is 9.97 Å². The van der Waals surface area contributed by atoms with Crippen molar-refractivity contribution in [2.45, 2.75) is 46.7 Å². The minimum Gasteiger partial charge on any atom is -0.338 e. The number of piperazine rings is 1. The van der Waals surface area contributed by atoms with Gasteiger partial charge in [0.2, 0.25) is 5.95 Å². The first-order valence-electron chi connectivity index (χ1n) is 9.87. The summed E-state index contributed by atoms with van der Waals surface area (Å²) in [5.41, 5.74) is 3.84. The summed E-state index contributed by atoms with van der Waals surface area (Å²) in [6, 6.07) is 4.62. The van der Waals surface area contributed by atoms with Gasteiger partial charge in [-0.2, -0.15) is 10.1 Å². The Morgan fingerprint density at radius 3 is 2.71 bits per heavy atom. The van der Waals surface area contributed by atoms with Crippen LogP contribution in [-0.4, -0.2) is 50.4 Å². The van der Waals surface area contributed by atoms with E-state index in [-0.39, 0.29) is 6.04 Å². The highest BCUT2D eigenvalue weighted by Crippen LogP contribution is 2.30. The van der Waals surface area contributed by atoms with E-state index in [1.165, 1.54) is 0 Å². The Morgan fingerprint density at radius 2 is 2.04 bits per heavy atom. The zero-order valence-electron chi connectivity index (χ0n) is 17.2. The van der Waals surface area contributed by atoms with Crippen molar-refractivity contribution >= 4 is 28.6 Å². The molecule has 1 atom stereocenters. The molecular weight excluding hydrogens is 352 g/mol. The molecule has 0 aliphatic carbocycles. The van der Waals surface area contributed by atoms with E-state index in [0.717, 1.165) is 59.5 Å². The van der Waals surface area contributed by atoms with Crippen molar-refractivity contribution < 1.29 is 0 Å². The van der Waals surface area contributed by atoms with Crippen LogP contribution >= 0.6 is 0 Å². The Morgan fingerprint density at radius 1 is 1.21 bits per heavy atom. The van der Waals surface area contributed by atoms with Gasteiger partial charge < -0.3 is 15.5 Å². The molecule has 4 heterocycles. The molecule has 0 unspecified atom stereocenters. The number of aromatic nitrogens is 5. The van der Waals surface area contributed by atoms with Gasteiger partial charge in [-0.1, -0.05) is 6.07 Å². The van der Waals surface area contributed by atoms with Gasteiger partial charge in [0.15, 0.2) is 5.82 Å². The van der Waals surface area contributed by atoms with Crippen LogP contribution in [0.5, 0.6) is 0 Å². The molecule has 1 aliphatic heterocycles. The highest BCUT2D eigenvalue weighted by Gasteiger charge is 2.23. The maximum absolute atomic E-state index is 4.91. The zero-order valence-corrected chi connectivity index (χ0v) is 17.2. The van der Waals surface area contributed by atoms with Gasteiger partial charge in [0.1, 0.15) is 16.9 Å². The molecule has 0 spiro atoms. The van der Waals surface area contributed by atoms with Gasteiger partial charge >= 0.3 is 0 Å². The van der Waals surface area contributed by atoms with E-state index in [2.05, 4.69) is 41.3 Å². The number of anilines is 3. The largest absolute Gasteiger partial charge is 0.338 e. The molecule has 8 nitrogen and oxygen atoms in total. The SMILES string of the molecule is Cc1ccc(Nc2nc(N3CCN[C@H](C)C3)nc3c(C)nn(C(C)C)c23)nc1. The maximum atomic E-state index is 4.91. The molecule has 1 fully saturated rings. The number of aryl methyl sites for hydroxylation is 2. The van der Waals surface area contributed by atoms with Gasteiger partial charge in [-0.15, -0.1) is 0 Å². The first kappa shape index (κ1) is 18.6. The average Bonchev–Trinajstić information content (AvgIpc) is 3.01. The molecule has 0 radical (unpaired) electrons.